The predicted molar refractivity (Wildman–Crippen MR) is 102 cm³/mol. The van der Waals surface area contributed by atoms with E-state index in [1.54, 1.807) is 0 Å². The lowest BCUT2D eigenvalue weighted by Crippen LogP contribution is -2.56. The Hall–Kier alpha value is -2.28. The number of carbonyl (C=O) groups is 1. The Labute approximate surface area is 165 Å². The van der Waals surface area contributed by atoms with Gasteiger partial charge in [0.2, 0.25) is 17.7 Å². The summed E-state index contributed by atoms with van der Waals surface area (Å²) in [5.41, 5.74) is 1.05. The number of pyridine rings is 1. The van der Waals surface area contributed by atoms with Crippen molar-refractivity contribution in [2.45, 2.75) is 57.0 Å². The number of likely N-dealkylation sites (tertiary alicyclic amines) is 2. The summed E-state index contributed by atoms with van der Waals surface area (Å²) in [5.74, 6) is 2.88. The van der Waals surface area contributed by atoms with Gasteiger partial charge in [-0.25, -0.2) is 0 Å². The highest BCUT2D eigenvalue weighted by atomic mass is 16.4. The summed E-state index contributed by atoms with van der Waals surface area (Å²) in [5, 5.41) is 8.43. The van der Waals surface area contributed by atoms with Crippen molar-refractivity contribution in [1.29, 1.82) is 0 Å². The van der Waals surface area contributed by atoms with E-state index in [9.17, 15) is 4.79 Å². The molecular formula is C21H27N5O2. The quantitative estimate of drug-likeness (QED) is 0.765. The maximum atomic E-state index is 12.6. The van der Waals surface area contributed by atoms with E-state index < -0.39 is 0 Å². The Kier molecular flexibility index (Phi) is 4.84. The number of hydrogen-bond acceptors (Lipinski definition) is 6. The van der Waals surface area contributed by atoms with Gasteiger partial charge in [-0.1, -0.05) is 6.07 Å². The van der Waals surface area contributed by atoms with Gasteiger partial charge in [-0.3, -0.25) is 14.7 Å². The van der Waals surface area contributed by atoms with E-state index in [-0.39, 0.29) is 0 Å². The average Bonchev–Trinajstić information content (AvgIpc) is 3.47. The van der Waals surface area contributed by atoms with E-state index in [4.69, 9.17) is 4.42 Å². The molecule has 0 N–H and O–H groups in total. The van der Waals surface area contributed by atoms with Crippen LogP contribution in [0.1, 0.15) is 55.5 Å². The summed E-state index contributed by atoms with van der Waals surface area (Å²) in [6, 6.07) is 6.33. The summed E-state index contributed by atoms with van der Waals surface area (Å²) in [6.45, 7) is 3.46. The molecule has 2 atom stereocenters. The summed E-state index contributed by atoms with van der Waals surface area (Å²) in [6.07, 6.45) is 7.66. The Morgan fingerprint density at radius 1 is 1.14 bits per heavy atom. The molecule has 4 heterocycles. The van der Waals surface area contributed by atoms with Crippen molar-refractivity contribution < 1.29 is 9.21 Å². The van der Waals surface area contributed by atoms with Crippen molar-refractivity contribution in [3.8, 4) is 0 Å². The Morgan fingerprint density at radius 3 is 2.89 bits per heavy atom. The molecule has 2 aromatic heterocycles. The number of carbonyl (C=O) groups excluding carboxylic acids is 1. The molecule has 0 radical (unpaired) electrons. The zero-order valence-corrected chi connectivity index (χ0v) is 16.2. The third-order valence-corrected chi connectivity index (χ3v) is 6.33. The molecule has 1 aliphatic carbocycles. The van der Waals surface area contributed by atoms with Gasteiger partial charge in [0.15, 0.2) is 0 Å². The smallest absolute Gasteiger partial charge is 0.230 e. The van der Waals surface area contributed by atoms with Gasteiger partial charge < -0.3 is 9.32 Å². The third kappa shape index (κ3) is 3.81. The first kappa shape index (κ1) is 17.8. The van der Waals surface area contributed by atoms with Crippen LogP contribution in [0.3, 0.4) is 0 Å². The molecule has 1 saturated carbocycles. The molecule has 2 aliphatic heterocycles. The normalized spacial score (nSPS) is 25.7. The minimum Gasteiger partial charge on any atom is -0.424 e. The lowest BCUT2D eigenvalue weighted by Gasteiger charge is -2.47. The number of rotatable bonds is 6. The highest BCUT2D eigenvalue weighted by Gasteiger charge is 2.39. The minimum absolute atomic E-state index is 0.302. The monoisotopic (exact) mass is 381 g/mol. The number of nitrogens with zero attached hydrogens (tertiary/aromatic N) is 5. The van der Waals surface area contributed by atoms with Crippen LogP contribution < -0.4 is 0 Å². The van der Waals surface area contributed by atoms with E-state index in [0.717, 1.165) is 62.9 Å². The summed E-state index contributed by atoms with van der Waals surface area (Å²) in [7, 11) is 0. The highest BCUT2D eigenvalue weighted by molar-refractivity contribution is 5.77. The highest BCUT2D eigenvalue weighted by Crippen LogP contribution is 2.39. The largest absolute Gasteiger partial charge is 0.424 e. The zero-order chi connectivity index (χ0) is 18.9. The van der Waals surface area contributed by atoms with Gasteiger partial charge in [0, 0.05) is 56.3 Å². The molecule has 3 fully saturated rings. The standard InChI is InChI=1S/C21H27N5O2/c27-20-7-6-16-13-25(14-19-23-24-21(28-19)15-4-5-15)11-9-18(16)26(20)12-8-17-3-1-2-10-22-17/h1-3,10,15-16,18H,4-9,11-14H2/t16-,18+/m0/s1. The number of hydrogen-bond donors (Lipinski definition) is 0. The van der Waals surface area contributed by atoms with Gasteiger partial charge in [0.1, 0.15) is 0 Å². The first-order chi connectivity index (χ1) is 13.8. The van der Waals surface area contributed by atoms with Crippen LogP contribution >= 0.6 is 0 Å². The fourth-order valence-electron chi connectivity index (χ4n) is 4.66. The Morgan fingerprint density at radius 2 is 2.07 bits per heavy atom. The maximum Gasteiger partial charge on any atom is 0.230 e. The SMILES string of the molecule is O=C1CC[C@H]2CN(Cc3nnc(C4CC4)o3)CC[C@H]2N1CCc1ccccn1. The van der Waals surface area contributed by atoms with Crippen molar-refractivity contribution in [2.24, 2.45) is 5.92 Å². The van der Waals surface area contributed by atoms with Crippen molar-refractivity contribution in [1.82, 2.24) is 25.0 Å². The second-order valence-electron chi connectivity index (χ2n) is 8.36. The molecule has 3 aliphatic rings. The Bertz CT molecular complexity index is 819. The van der Waals surface area contributed by atoms with Crippen molar-refractivity contribution in [2.75, 3.05) is 19.6 Å². The molecule has 28 heavy (non-hydrogen) atoms. The predicted octanol–water partition coefficient (Wildman–Crippen LogP) is 2.40. The van der Waals surface area contributed by atoms with Crippen LogP contribution in [-0.4, -0.2) is 56.6 Å². The molecule has 0 unspecified atom stereocenters. The van der Waals surface area contributed by atoms with Gasteiger partial charge >= 0.3 is 0 Å². The summed E-state index contributed by atoms with van der Waals surface area (Å²) < 4.78 is 5.84. The summed E-state index contributed by atoms with van der Waals surface area (Å²) >= 11 is 0. The first-order valence-corrected chi connectivity index (χ1v) is 10.5. The number of piperidine rings is 2. The molecule has 148 valence electrons. The van der Waals surface area contributed by atoms with E-state index in [0.29, 0.717) is 30.2 Å². The molecule has 7 nitrogen and oxygen atoms in total. The molecule has 0 aromatic carbocycles. The lowest BCUT2D eigenvalue weighted by atomic mass is 9.83. The molecule has 2 aromatic rings. The van der Waals surface area contributed by atoms with Gasteiger partial charge in [-0.05, 0) is 43.7 Å². The summed E-state index contributed by atoms with van der Waals surface area (Å²) in [4.78, 5) is 21.5. The van der Waals surface area contributed by atoms with Crippen LogP contribution in [-0.2, 0) is 17.8 Å². The molecular weight excluding hydrogens is 354 g/mol. The number of fused-ring (bicyclic) bond motifs is 1. The van der Waals surface area contributed by atoms with Crippen LogP contribution in [0.5, 0.6) is 0 Å². The second kappa shape index (κ2) is 7.62. The van der Waals surface area contributed by atoms with E-state index in [2.05, 4.69) is 25.0 Å². The number of amides is 1. The fraction of sp³-hybridized carbons (Fsp3) is 0.619. The van der Waals surface area contributed by atoms with Crippen LogP contribution in [0.4, 0.5) is 0 Å². The van der Waals surface area contributed by atoms with Gasteiger partial charge in [-0.2, -0.15) is 0 Å². The van der Waals surface area contributed by atoms with E-state index >= 15 is 0 Å². The molecule has 7 heteroatoms. The van der Waals surface area contributed by atoms with E-state index in [1.165, 1.54) is 12.8 Å². The second-order valence-corrected chi connectivity index (χ2v) is 8.36. The van der Waals surface area contributed by atoms with Crippen molar-refractivity contribution in [3.05, 3.63) is 41.9 Å². The van der Waals surface area contributed by atoms with Crippen LogP contribution in [0.2, 0.25) is 0 Å². The van der Waals surface area contributed by atoms with Crippen LogP contribution in [0.15, 0.2) is 28.8 Å². The maximum absolute atomic E-state index is 12.6. The van der Waals surface area contributed by atoms with Crippen molar-refractivity contribution >= 4 is 5.91 Å². The molecule has 2 saturated heterocycles. The zero-order valence-electron chi connectivity index (χ0n) is 16.2. The average molecular weight is 381 g/mol. The fourth-order valence-corrected chi connectivity index (χ4v) is 4.66. The molecule has 0 spiro atoms. The minimum atomic E-state index is 0.302. The topological polar surface area (TPSA) is 75.4 Å². The van der Waals surface area contributed by atoms with E-state index in [1.807, 2.05) is 24.4 Å². The first-order valence-electron chi connectivity index (χ1n) is 10.5. The molecule has 0 bridgehead atoms. The van der Waals surface area contributed by atoms with Crippen LogP contribution in [0.25, 0.3) is 0 Å². The number of aromatic nitrogens is 3. The third-order valence-electron chi connectivity index (χ3n) is 6.33. The van der Waals surface area contributed by atoms with Gasteiger partial charge in [-0.15, -0.1) is 10.2 Å². The van der Waals surface area contributed by atoms with Crippen molar-refractivity contribution in [3.63, 3.8) is 0 Å². The Balaban J connectivity index is 1.19. The van der Waals surface area contributed by atoms with Crippen LogP contribution in [0, 0.1) is 5.92 Å². The molecule has 1 amide bonds. The lowest BCUT2D eigenvalue weighted by molar-refractivity contribution is -0.141. The van der Waals surface area contributed by atoms with Gasteiger partial charge in [0.05, 0.1) is 6.54 Å². The van der Waals surface area contributed by atoms with Gasteiger partial charge in [0.25, 0.3) is 0 Å². The molecule has 5 rings (SSSR count).